The molecule has 8 heteroatoms. The third kappa shape index (κ3) is 7.93. The lowest BCUT2D eigenvalue weighted by molar-refractivity contribution is -0.137. The number of hydrogen-bond donors (Lipinski definition) is 2. The van der Waals surface area contributed by atoms with Crippen molar-refractivity contribution in [3.63, 3.8) is 0 Å². The smallest absolute Gasteiger partial charge is 0.416 e. The van der Waals surface area contributed by atoms with E-state index in [1.807, 2.05) is 18.2 Å². The van der Waals surface area contributed by atoms with Crippen LogP contribution in [0.1, 0.15) is 49.1 Å². The number of aromatic nitrogens is 1. The molecule has 39 heavy (non-hydrogen) atoms. The first-order valence-electron chi connectivity index (χ1n) is 13.3. The van der Waals surface area contributed by atoms with Crippen LogP contribution in [0.5, 0.6) is 5.75 Å². The number of allylic oxidation sites excluding steroid dienone is 7. The Labute approximate surface area is 228 Å². The minimum absolute atomic E-state index is 0.433. The highest BCUT2D eigenvalue weighted by Gasteiger charge is 2.29. The Kier molecular flexibility index (Phi) is 9.41. The molecule has 4 rings (SSSR count). The van der Waals surface area contributed by atoms with Gasteiger partial charge in [0.1, 0.15) is 12.4 Å². The molecule has 0 radical (unpaired) electrons. The van der Waals surface area contributed by atoms with E-state index >= 15 is 0 Å². The van der Waals surface area contributed by atoms with Crippen molar-refractivity contribution in [2.45, 2.75) is 45.8 Å². The first-order chi connectivity index (χ1) is 18.7. The van der Waals surface area contributed by atoms with Crippen molar-refractivity contribution in [3.8, 4) is 5.75 Å². The lowest BCUT2D eigenvalue weighted by Crippen LogP contribution is -2.28. The molecule has 2 aromatic rings. The summed E-state index contributed by atoms with van der Waals surface area (Å²) in [7, 11) is 0. The van der Waals surface area contributed by atoms with Crippen LogP contribution >= 0.6 is 0 Å². The highest BCUT2D eigenvalue weighted by Crippen LogP contribution is 2.33. The van der Waals surface area contributed by atoms with Gasteiger partial charge in [-0.15, -0.1) is 0 Å². The van der Waals surface area contributed by atoms with Gasteiger partial charge in [-0.25, -0.2) is 0 Å². The van der Waals surface area contributed by atoms with Crippen LogP contribution in [0.15, 0.2) is 78.2 Å². The zero-order valence-electron chi connectivity index (χ0n) is 22.4. The predicted molar refractivity (Wildman–Crippen MR) is 150 cm³/mol. The van der Waals surface area contributed by atoms with Crippen LogP contribution in [0.4, 0.5) is 13.2 Å². The Morgan fingerprint density at radius 3 is 2.56 bits per heavy atom. The number of nitrogens with zero attached hydrogens (tertiary/aromatic N) is 2. The van der Waals surface area contributed by atoms with Crippen molar-refractivity contribution in [1.29, 1.82) is 5.41 Å². The molecular formula is C31H35F3N4O. The number of pyridine rings is 1. The Bertz CT molecular complexity index is 1290. The molecule has 0 bridgehead atoms. The number of likely N-dealkylation sites (N-methyl/N-ethyl adjacent to an activating group) is 1. The number of halogens is 3. The van der Waals surface area contributed by atoms with E-state index in [-0.39, 0.29) is 0 Å². The van der Waals surface area contributed by atoms with Gasteiger partial charge in [0.15, 0.2) is 0 Å². The monoisotopic (exact) mass is 536 g/mol. The second-order valence-electron chi connectivity index (χ2n) is 9.64. The molecule has 1 aromatic carbocycles. The Hall–Kier alpha value is -3.65. The molecule has 206 valence electrons. The summed E-state index contributed by atoms with van der Waals surface area (Å²) < 4.78 is 44.4. The fraction of sp³-hybridized carbons (Fsp3) is 0.355. The highest BCUT2D eigenvalue weighted by atomic mass is 19.4. The highest BCUT2D eigenvalue weighted by molar-refractivity contribution is 6.03. The summed E-state index contributed by atoms with van der Waals surface area (Å²) in [6.07, 6.45) is 9.50. The van der Waals surface area contributed by atoms with E-state index in [0.717, 1.165) is 77.6 Å². The van der Waals surface area contributed by atoms with Crippen molar-refractivity contribution in [2.75, 3.05) is 26.2 Å². The van der Waals surface area contributed by atoms with Gasteiger partial charge in [-0.05, 0) is 73.0 Å². The molecule has 0 amide bonds. The fourth-order valence-corrected chi connectivity index (χ4v) is 4.64. The van der Waals surface area contributed by atoms with E-state index in [1.54, 1.807) is 6.20 Å². The number of nitrogens with one attached hydrogen (secondary N) is 2. The minimum Gasteiger partial charge on any atom is -0.491 e. The quantitative estimate of drug-likeness (QED) is 0.334. The third-order valence-electron chi connectivity index (χ3n) is 6.94. The lowest BCUT2D eigenvalue weighted by Gasteiger charge is -2.20. The molecule has 2 N–H and O–H groups in total. The first-order valence-corrected chi connectivity index (χ1v) is 13.3. The summed E-state index contributed by atoms with van der Waals surface area (Å²) in [4.78, 5) is 6.92. The van der Waals surface area contributed by atoms with Crippen LogP contribution in [0.25, 0.3) is 5.57 Å². The molecule has 0 fully saturated rings. The Balaban J connectivity index is 1.37. The summed E-state index contributed by atoms with van der Waals surface area (Å²) in [5, 5.41) is 11.6. The third-order valence-corrected chi connectivity index (χ3v) is 6.94. The van der Waals surface area contributed by atoms with Crippen molar-refractivity contribution < 1.29 is 17.9 Å². The van der Waals surface area contributed by atoms with Gasteiger partial charge in [0.05, 0.1) is 17.5 Å². The van der Waals surface area contributed by atoms with E-state index in [9.17, 15) is 13.2 Å². The predicted octanol–water partition coefficient (Wildman–Crippen LogP) is 6.73. The van der Waals surface area contributed by atoms with Gasteiger partial charge in [-0.2, -0.15) is 13.2 Å². The maximum absolute atomic E-state index is 12.8. The summed E-state index contributed by atoms with van der Waals surface area (Å²) in [5.41, 5.74) is 5.67. The van der Waals surface area contributed by atoms with Crippen molar-refractivity contribution >= 4 is 11.3 Å². The zero-order chi connectivity index (χ0) is 27.8. The van der Waals surface area contributed by atoms with E-state index in [4.69, 9.17) is 10.1 Å². The van der Waals surface area contributed by atoms with Gasteiger partial charge >= 0.3 is 6.18 Å². The van der Waals surface area contributed by atoms with Gasteiger partial charge in [-0.1, -0.05) is 44.2 Å². The molecule has 2 aliphatic carbocycles. The van der Waals surface area contributed by atoms with Crippen LogP contribution < -0.4 is 10.1 Å². The number of fused-ring (bicyclic) bond motifs is 1. The standard InChI is InChI=1S/C31H35F3N4O/c1-3-38(4-2)14-15-39-28-19-29-24(17-26(35)18-30(29)37-21-28)16-22-6-5-7-27(13-10-22)36-20-23-8-11-25(12-9-23)31(32,33)34/h6-13,17,19,21,35-36H,3-5,14-16,18,20H2,1-2H3. The molecule has 2 aliphatic rings. The van der Waals surface area contributed by atoms with Crippen molar-refractivity contribution in [3.05, 3.63) is 101 Å². The van der Waals surface area contributed by atoms with Gasteiger partial charge in [-0.3, -0.25) is 4.98 Å². The summed E-state index contributed by atoms with van der Waals surface area (Å²) in [5.74, 6) is 0.738. The summed E-state index contributed by atoms with van der Waals surface area (Å²) in [6, 6.07) is 7.25. The maximum atomic E-state index is 12.8. The number of alkyl halides is 3. The van der Waals surface area contributed by atoms with Crippen LogP contribution in [-0.4, -0.2) is 41.8 Å². The average molecular weight is 537 g/mol. The maximum Gasteiger partial charge on any atom is 0.416 e. The normalized spacial score (nSPS) is 15.3. The topological polar surface area (TPSA) is 61.2 Å². The summed E-state index contributed by atoms with van der Waals surface area (Å²) in [6.45, 7) is 8.14. The summed E-state index contributed by atoms with van der Waals surface area (Å²) >= 11 is 0. The van der Waals surface area contributed by atoms with Crippen LogP contribution in [0, 0.1) is 5.41 Å². The zero-order valence-corrected chi connectivity index (χ0v) is 22.4. The number of hydrogen-bond acceptors (Lipinski definition) is 5. The lowest BCUT2D eigenvalue weighted by atomic mass is 9.89. The minimum atomic E-state index is -4.33. The first kappa shape index (κ1) is 28.4. The van der Waals surface area contributed by atoms with E-state index < -0.39 is 11.7 Å². The largest absolute Gasteiger partial charge is 0.491 e. The molecule has 5 nitrogen and oxygen atoms in total. The van der Waals surface area contributed by atoms with Crippen molar-refractivity contribution in [2.24, 2.45) is 0 Å². The second kappa shape index (κ2) is 12.9. The van der Waals surface area contributed by atoms with Gasteiger partial charge < -0.3 is 20.4 Å². The van der Waals surface area contributed by atoms with Gasteiger partial charge in [0, 0.05) is 36.5 Å². The molecule has 0 aliphatic heterocycles. The van der Waals surface area contributed by atoms with E-state index in [1.165, 1.54) is 12.1 Å². The van der Waals surface area contributed by atoms with Gasteiger partial charge in [0.2, 0.25) is 0 Å². The molecule has 0 atom stereocenters. The van der Waals surface area contributed by atoms with Crippen molar-refractivity contribution in [1.82, 2.24) is 15.2 Å². The Morgan fingerprint density at radius 1 is 1.08 bits per heavy atom. The molecule has 0 saturated heterocycles. The number of benzene rings is 1. The van der Waals surface area contributed by atoms with E-state index in [2.05, 4.69) is 47.3 Å². The van der Waals surface area contributed by atoms with Crippen LogP contribution in [0.2, 0.25) is 0 Å². The molecular weight excluding hydrogens is 501 g/mol. The molecule has 1 aromatic heterocycles. The second-order valence-corrected chi connectivity index (χ2v) is 9.64. The Morgan fingerprint density at radius 2 is 1.85 bits per heavy atom. The van der Waals surface area contributed by atoms with Crippen LogP contribution in [-0.2, 0) is 19.1 Å². The van der Waals surface area contributed by atoms with Crippen LogP contribution in [0.3, 0.4) is 0 Å². The molecule has 0 saturated carbocycles. The number of rotatable bonds is 11. The SMILES string of the molecule is CCN(CC)CCOc1cnc2c(c1)C(CC1=CCC=C(NCc3ccc(C(F)(F)F)cc3)C=C1)=CC(=N)C2. The van der Waals surface area contributed by atoms with Gasteiger partial charge in [0.25, 0.3) is 0 Å². The average Bonchev–Trinajstić information content (AvgIpc) is 3.15. The molecule has 0 spiro atoms. The molecule has 0 unspecified atom stereocenters. The fourth-order valence-electron chi connectivity index (χ4n) is 4.64. The van der Waals surface area contributed by atoms with E-state index in [0.29, 0.717) is 31.7 Å². The number of ether oxygens (including phenoxy) is 1. The molecule has 1 heterocycles.